The van der Waals surface area contributed by atoms with Crippen LogP contribution in [-0.2, 0) is 22.8 Å². The highest BCUT2D eigenvalue weighted by Crippen LogP contribution is 2.46. The summed E-state index contributed by atoms with van der Waals surface area (Å²) in [6, 6.07) is 5.78. The summed E-state index contributed by atoms with van der Waals surface area (Å²) in [7, 11) is 1.58. The quantitative estimate of drug-likeness (QED) is 0.546. The van der Waals surface area contributed by atoms with Gasteiger partial charge in [-0.25, -0.2) is 4.79 Å². The maximum Gasteiger partial charge on any atom is 0.419 e. The van der Waals surface area contributed by atoms with Gasteiger partial charge in [0.2, 0.25) is 5.91 Å². The summed E-state index contributed by atoms with van der Waals surface area (Å²) in [6.45, 7) is -0.917. The number of carboxylic acids is 1. The summed E-state index contributed by atoms with van der Waals surface area (Å²) in [6.07, 6.45) is -4.72. The van der Waals surface area contributed by atoms with Crippen LogP contribution in [0.1, 0.15) is 17.2 Å². The lowest BCUT2D eigenvalue weighted by atomic mass is 9.98. The van der Waals surface area contributed by atoms with Crippen molar-refractivity contribution in [2.24, 2.45) is 13.0 Å². The molecule has 0 bridgehead atoms. The smallest absolute Gasteiger partial charge is 0.419 e. The normalized spacial score (nSPS) is 20.3. The molecule has 2 aliphatic rings. The van der Waals surface area contributed by atoms with Crippen molar-refractivity contribution in [2.45, 2.75) is 12.2 Å². The number of carboxylic acid groups (broad SMARTS) is 1. The summed E-state index contributed by atoms with van der Waals surface area (Å²) in [5.41, 5.74) is -0.236. The Hall–Kier alpha value is -3.87. The summed E-state index contributed by atoms with van der Waals surface area (Å²) < 4.78 is 47.5. The van der Waals surface area contributed by atoms with Gasteiger partial charge in [-0.1, -0.05) is 23.5 Å². The lowest BCUT2D eigenvalue weighted by Crippen LogP contribution is -2.59. The van der Waals surface area contributed by atoms with Crippen molar-refractivity contribution in [3.8, 4) is 5.75 Å². The van der Waals surface area contributed by atoms with E-state index in [-0.39, 0.29) is 16.1 Å². The first-order valence-electron chi connectivity index (χ1n) is 10.3. The number of carbonyl (C=O) groups excluding carboxylic acids is 2. The summed E-state index contributed by atoms with van der Waals surface area (Å²) in [4.78, 5) is 51.9. The Labute approximate surface area is 198 Å². The van der Waals surface area contributed by atoms with Crippen LogP contribution in [0.15, 0.2) is 41.2 Å². The van der Waals surface area contributed by atoms with Gasteiger partial charge >= 0.3 is 23.0 Å². The zero-order valence-corrected chi connectivity index (χ0v) is 18.7. The number of thiazole rings is 1. The lowest BCUT2D eigenvalue weighted by Gasteiger charge is -2.39. The largest absolute Gasteiger partial charge is 0.490 e. The van der Waals surface area contributed by atoms with Crippen LogP contribution in [0.5, 0.6) is 5.75 Å². The number of alkyl halides is 3. The zero-order valence-electron chi connectivity index (χ0n) is 17.9. The van der Waals surface area contributed by atoms with E-state index in [0.717, 1.165) is 28.4 Å². The Morgan fingerprint density at radius 1 is 1.17 bits per heavy atom. The van der Waals surface area contributed by atoms with Gasteiger partial charge in [0.15, 0.2) is 5.92 Å². The number of halogens is 3. The van der Waals surface area contributed by atoms with E-state index >= 15 is 0 Å². The SMILES string of the molecule is Cn1c(=O)sc2cc(N3CC(C(=O)O)C(=O)N(C4COc5c4cccc5C(F)(F)F)C3=O)ccc21. The van der Waals surface area contributed by atoms with Gasteiger partial charge in [0.05, 0.1) is 15.8 Å². The van der Waals surface area contributed by atoms with Crippen molar-refractivity contribution in [3.63, 3.8) is 0 Å². The number of amides is 3. The highest BCUT2D eigenvalue weighted by Gasteiger charge is 2.50. The number of ether oxygens (including phenoxy) is 1. The van der Waals surface area contributed by atoms with E-state index in [9.17, 15) is 37.5 Å². The van der Waals surface area contributed by atoms with Gasteiger partial charge in [-0.2, -0.15) is 13.2 Å². The number of rotatable bonds is 3. The van der Waals surface area contributed by atoms with Crippen LogP contribution in [0.4, 0.5) is 23.7 Å². The van der Waals surface area contributed by atoms with Gasteiger partial charge in [0.1, 0.15) is 18.4 Å². The third-order valence-electron chi connectivity index (χ3n) is 6.13. The molecule has 5 rings (SSSR count). The maximum absolute atomic E-state index is 13.5. The second kappa shape index (κ2) is 7.83. The first-order chi connectivity index (χ1) is 16.5. The molecule has 0 radical (unpaired) electrons. The Morgan fingerprint density at radius 2 is 1.91 bits per heavy atom. The van der Waals surface area contributed by atoms with Crippen molar-refractivity contribution < 1.29 is 37.4 Å². The van der Waals surface area contributed by atoms with Crippen LogP contribution >= 0.6 is 11.3 Å². The van der Waals surface area contributed by atoms with Crippen LogP contribution in [0.2, 0.25) is 0 Å². The first-order valence-corrected chi connectivity index (χ1v) is 11.1. The summed E-state index contributed by atoms with van der Waals surface area (Å²) >= 11 is 0.933. The summed E-state index contributed by atoms with van der Waals surface area (Å²) in [5, 5.41) is 9.67. The number of fused-ring (bicyclic) bond motifs is 2. The molecule has 2 atom stereocenters. The predicted octanol–water partition coefficient (Wildman–Crippen LogP) is 3.22. The molecule has 3 aromatic rings. The van der Waals surface area contributed by atoms with Crippen molar-refractivity contribution in [1.82, 2.24) is 9.47 Å². The fraction of sp³-hybridized carbons (Fsp3) is 0.273. The number of aromatic nitrogens is 1. The molecule has 1 N–H and O–H groups in total. The molecule has 2 aliphatic heterocycles. The second-order valence-corrected chi connectivity index (χ2v) is 9.11. The molecule has 0 saturated carbocycles. The number of benzene rings is 2. The fourth-order valence-electron chi connectivity index (χ4n) is 4.38. The van der Waals surface area contributed by atoms with Gasteiger partial charge in [0.25, 0.3) is 0 Å². The molecule has 3 heterocycles. The van der Waals surface area contributed by atoms with E-state index in [0.29, 0.717) is 15.1 Å². The average molecular weight is 507 g/mol. The van der Waals surface area contributed by atoms with Crippen LogP contribution in [0.25, 0.3) is 10.2 Å². The highest BCUT2D eigenvalue weighted by molar-refractivity contribution is 7.16. The topological polar surface area (TPSA) is 109 Å². The van der Waals surface area contributed by atoms with E-state index in [2.05, 4.69) is 0 Å². The van der Waals surface area contributed by atoms with Gasteiger partial charge < -0.3 is 14.4 Å². The molecule has 35 heavy (non-hydrogen) atoms. The molecule has 2 unspecified atom stereocenters. The monoisotopic (exact) mass is 507 g/mol. The molecule has 0 spiro atoms. The Morgan fingerprint density at radius 3 is 2.60 bits per heavy atom. The van der Waals surface area contributed by atoms with Gasteiger partial charge in [-0.15, -0.1) is 0 Å². The number of nitrogens with zero attached hydrogens (tertiary/aromatic N) is 3. The molecular weight excluding hydrogens is 491 g/mol. The Kier molecular flexibility index (Phi) is 5.13. The molecule has 1 aromatic heterocycles. The van der Waals surface area contributed by atoms with Crippen LogP contribution < -0.4 is 14.5 Å². The molecule has 1 fully saturated rings. The van der Waals surface area contributed by atoms with Crippen molar-refractivity contribution in [2.75, 3.05) is 18.1 Å². The van der Waals surface area contributed by atoms with Gasteiger partial charge in [0, 0.05) is 24.8 Å². The number of carbonyl (C=O) groups is 3. The molecule has 0 aliphatic carbocycles. The number of anilines is 1. The minimum Gasteiger partial charge on any atom is -0.490 e. The molecule has 1 saturated heterocycles. The van der Waals surface area contributed by atoms with Crippen LogP contribution in [-0.4, -0.2) is 45.6 Å². The number of urea groups is 1. The van der Waals surface area contributed by atoms with Gasteiger partial charge in [-0.3, -0.25) is 24.2 Å². The number of imide groups is 1. The van der Waals surface area contributed by atoms with Crippen molar-refractivity contribution >= 4 is 45.1 Å². The lowest BCUT2D eigenvalue weighted by molar-refractivity contribution is -0.151. The van der Waals surface area contributed by atoms with Crippen LogP contribution in [0.3, 0.4) is 0 Å². The Bertz CT molecular complexity index is 1460. The molecule has 182 valence electrons. The van der Waals surface area contributed by atoms with E-state index in [1.54, 1.807) is 13.1 Å². The summed E-state index contributed by atoms with van der Waals surface area (Å²) in [5.74, 6) is -4.66. The van der Waals surface area contributed by atoms with E-state index < -0.39 is 60.5 Å². The number of aryl methyl sites for hydroxylation is 1. The number of hydrogen-bond donors (Lipinski definition) is 1. The molecule has 2 aromatic carbocycles. The highest BCUT2D eigenvalue weighted by atomic mass is 32.1. The Balaban J connectivity index is 1.59. The first kappa shape index (κ1) is 22.9. The van der Waals surface area contributed by atoms with Crippen molar-refractivity contribution in [1.29, 1.82) is 0 Å². The molecular formula is C22H16F3N3O6S. The van der Waals surface area contributed by atoms with E-state index in [1.165, 1.54) is 22.8 Å². The third-order valence-corrected chi connectivity index (χ3v) is 7.13. The number of hydrogen-bond acceptors (Lipinski definition) is 6. The average Bonchev–Trinajstić information content (AvgIpc) is 3.33. The molecule has 13 heteroatoms. The number of para-hydroxylation sites is 1. The predicted molar refractivity (Wildman–Crippen MR) is 117 cm³/mol. The van der Waals surface area contributed by atoms with Crippen LogP contribution in [0, 0.1) is 5.92 Å². The third kappa shape index (κ3) is 3.53. The maximum atomic E-state index is 13.5. The fourth-order valence-corrected chi connectivity index (χ4v) is 5.29. The minimum absolute atomic E-state index is 0.0377. The van der Waals surface area contributed by atoms with Crippen molar-refractivity contribution in [3.05, 3.63) is 57.2 Å². The minimum atomic E-state index is -4.72. The molecule has 9 nitrogen and oxygen atoms in total. The standard InChI is InChI=1S/C22H16F3N3O6S/c1-26-14-6-5-10(7-16(14)35-21(26)33)27-8-12(19(30)31)18(29)28(20(27)32)15-9-34-17-11(15)3-2-4-13(17)22(23,24)25/h2-7,12,15H,8-9H2,1H3,(H,30,31). The number of aliphatic carboxylic acids is 1. The van der Waals surface area contributed by atoms with E-state index in [1.807, 2.05) is 0 Å². The van der Waals surface area contributed by atoms with Gasteiger partial charge in [-0.05, 0) is 24.3 Å². The van der Waals surface area contributed by atoms with E-state index in [4.69, 9.17) is 4.74 Å². The second-order valence-electron chi connectivity index (χ2n) is 8.12. The molecule has 3 amide bonds. The zero-order chi connectivity index (χ0) is 25.2.